The van der Waals surface area contributed by atoms with Crippen LogP contribution in [0.2, 0.25) is 0 Å². The maximum absolute atomic E-state index is 5.89. The molecule has 3 nitrogen and oxygen atoms in total. The van der Waals surface area contributed by atoms with E-state index in [2.05, 4.69) is 29.8 Å². The Hall–Kier alpha value is -1.09. The van der Waals surface area contributed by atoms with Crippen LogP contribution >= 0.6 is 0 Å². The van der Waals surface area contributed by atoms with Gasteiger partial charge in [0.25, 0.3) is 0 Å². The second kappa shape index (κ2) is 4.42. The minimum Gasteiger partial charge on any atom is -0.356 e. The molecule has 0 spiro atoms. The lowest BCUT2D eigenvalue weighted by Crippen LogP contribution is -2.21. The molecule has 0 aromatic carbocycles. The summed E-state index contributed by atoms with van der Waals surface area (Å²) in [6.45, 7) is 8.83. The summed E-state index contributed by atoms with van der Waals surface area (Å²) in [6, 6.07) is 4.20. The Morgan fingerprint density at radius 2 is 2.00 bits per heavy atom. The molecule has 2 N–H and O–H groups in total. The molecular formula is C13H21N3. The fourth-order valence-corrected chi connectivity index (χ4v) is 2.21. The quantitative estimate of drug-likeness (QED) is 0.829. The van der Waals surface area contributed by atoms with Crippen molar-refractivity contribution in [1.82, 2.24) is 4.98 Å². The summed E-state index contributed by atoms with van der Waals surface area (Å²) in [5.41, 5.74) is 7.05. The predicted octanol–water partition coefficient (Wildman–Crippen LogP) is 2.19. The smallest absolute Gasteiger partial charge is 0.128 e. The average Bonchev–Trinajstić information content (AvgIpc) is 2.59. The zero-order chi connectivity index (χ0) is 11.7. The number of hydrogen-bond acceptors (Lipinski definition) is 3. The lowest BCUT2D eigenvalue weighted by atomic mass is 10.0. The number of rotatable bonds is 2. The molecule has 2 heterocycles. The molecule has 2 unspecified atom stereocenters. The van der Waals surface area contributed by atoms with Crippen LogP contribution in [0.25, 0.3) is 0 Å². The Bertz CT molecular complexity index is 352. The second-order valence-corrected chi connectivity index (χ2v) is 5.10. The number of anilines is 1. The molecule has 0 aliphatic carbocycles. The van der Waals surface area contributed by atoms with Crippen LogP contribution in [0.4, 0.5) is 5.82 Å². The largest absolute Gasteiger partial charge is 0.356 e. The first-order chi connectivity index (χ1) is 7.58. The minimum atomic E-state index is 0.0826. The highest BCUT2D eigenvalue weighted by atomic mass is 15.2. The van der Waals surface area contributed by atoms with Gasteiger partial charge in [-0.1, -0.05) is 13.8 Å². The van der Waals surface area contributed by atoms with E-state index in [9.17, 15) is 0 Å². The zero-order valence-electron chi connectivity index (χ0n) is 10.4. The number of aromatic nitrogens is 1. The molecule has 3 atom stereocenters. The molecule has 0 amide bonds. The second-order valence-electron chi connectivity index (χ2n) is 5.10. The van der Waals surface area contributed by atoms with Crippen molar-refractivity contribution in [2.75, 3.05) is 18.0 Å². The summed E-state index contributed by atoms with van der Waals surface area (Å²) in [5.74, 6) is 2.58. The van der Waals surface area contributed by atoms with Gasteiger partial charge in [0.1, 0.15) is 5.82 Å². The molecule has 0 bridgehead atoms. The van der Waals surface area contributed by atoms with Gasteiger partial charge in [-0.15, -0.1) is 0 Å². The summed E-state index contributed by atoms with van der Waals surface area (Å²) >= 11 is 0. The molecule has 1 aromatic rings. The molecule has 0 saturated carbocycles. The Morgan fingerprint density at radius 1 is 1.38 bits per heavy atom. The minimum absolute atomic E-state index is 0.0826. The van der Waals surface area contributed by atoms with Crippen molar-refractivity contribution >= 4 is 5.82 Å². The van der Waals surface area contributed by atoms with Crippen LogP contribution in [0.1, 0.15) is 32.4 Å². The predicted molar refractivity (Wildman–Crippen MR) is 67.4 cm³/mol. The highest BCUT2D eigenvalue weighted by Gasteiger charge is 2.26. The third-order valence-electron chi connectivity index (χ3n) is 3.61. The lowest BCUT2D eigenvalue weighted by Gasteiger charge is -2.18. The topological polar surface area (TPSA) is 42.1 Å². The van der Waals surface area contributed by atoms with E-state index in [1.165, 1.54) is 0 Å². The van der Waals surface area contributed by atoms with Gasteiger partial charge in [-0.05, 0) is 36.5 Å². The van der Waals surface area contributed by atoms with Crippen molar-refractivity contribution in [2.24, 2.45) is 17.6 Å². The van der Waals surface area contributed by atoms with E-state index in [0.29, 0.717) is 0 Å². The maximum atomic E-state index is 5.89. The fraction of sp³-hybridized carbons (Fsp3) is 0.615. The SMILES string of the molecule is CC1CN(c2cc([C@@H](C)N)ccn2)CC1C. The van der Waals surface area contributed by atoms with E-state index >= 15 is 0 Å². The normalized spacial score (nSPS) is 27.1. The first kappa shape index (κ1) is 11.4. The molecule has 1 saturated heterocycles. The Kier molecular flexibility index (Phi) is 3.15. The van der Waals surface area contributed by atoms with Gasteiger partial charge >= 0.3 is 0 Å². The Labute approximate surface area is 97.7 Å². The summed E-state index contributed by atoms with van der Waals surface area (Å²) in [5, 5.41) is 0. The maximum Gasteiger partial charge on any atom is 0.128 e. The first-order valence-electron chi connectivity index (χ1n) is 6.04. The Balaban J connectivity index is 2.18. The molecule has 1 fully saturated rings. The van der Waals surface area contributed by atoms with Gasteiger partial charge in [0.15, 0.2) is 0 Å². The molecule has 1 aromatic heterocycles. The van der Waals surface area contributed by atoms with Gasteiger partial charge < -0.3 is 10.6 Å². The third kappa shape index (κ3) is 2.19. The van der Waals surface area contributed by atoms with E-state index in [0.717, 1.165) is 36.3 Å². The average molecular weight is 219 g/mol. The van der Waals surface area contributed by atoms with E-state index in [-0.39, 0.29) is 6.04 Å². The van der Waals surface area contributed by atoms with E-state index in [1.54, 1.807) is 0 Å². The van der Waals surface area contributed by atoms with Crippen molar-refractivity contribution in [1.29, 1.82) is 0 Å². The van der Waals surface area contributed by atoms with Crippen LogP contribution in [0.15, 0.2) is 18.3 Å². The summed E-state index contributed by atoms with van der Waals surface area (Å²) in [7, 11) is 0. The van der Waals surface area contributed by atoms with E-state index < -0.39 is 0 Å². The van der Waals surface area contributed by atoms with Crippen LogP contribution < -0.4 is 10.6 Å². The van der Waals surface area contributed by atoms with Gasteiger partial charge in [0.05, 0.1) is 0 Å². The van der Waals surface area contributed by atoms with Crippen LogP contribution in [-0.2, 0) is 0 Å². The van der Waals surface area contributed by atoms with Gasteiger partial charge in [-0.25, -0.2) is 4.98 Å². The summed E-state index contributed by atoms with van der Waals surface area (Å²) < 4.78 is 0. The number of hydrogen-bond donors (Lipinski definition) is 1. The molecule has 3 heteroatoms. The fourth-order valence-electron chi connectivity index (χ4n) is 2.21. The standard InChI is InChI=1S/C13H21N3/c1-9-7-16(8-10(9)2)13-6-12(11(3)14)4-5-15-13/h4-6,9-11H,7-8,14H2,1-3H3/t9?,10?,11-/m1/s1. The van der Waals surface area contributed by atoms with Crippen LogP contribution in [-0.4, -0.2) is 18.1 Å². The molecule has 1 aliphatic rings. The molecule has 2 rings (SSSR count). The monoisotopic (exact) mass is 219 g/mol. The van der Waals surface area contributed by atoms with Gasteiger partial charge in [0.2, 0.25) is 0 Å². The molecule has 88 valence electrons. The molecular weight excluding hydrogens is 198 g/mol. The lowest BCUT2D eigenvalue weighted by molar-refractivity contribution is 0.494. The van der Waals surface area contributed by atoms with Crippen molar-refractivity contribution in [3.63, 3.8) is 0 Å². The molecule has 1 aliphatic heterocycles. The zero-order valence-corrected chi connectivity index (χ0v) is 10.4. The first-order valence-corrected chi connectivity index (χ1v) is 6.04. The highest BCUT2D eigenvalue weighted by molar-refractivity contribution is 5.43. The molecule has 16 heavy (non-hydrogen) atoms. The summed E-state index contributed by atoms with van der Waals surface area (Å²) in [6.07, 6.45) is 1.86. The van der Waals surface area contributed by atoms with Gasteiger partial charge in [-0.3, -0.25) is 0 Å². The third-order valence-corrected chi connectivity index (χ3v) is 3.61. The van der Waals surface area contributed by atoms with Crippen LogP contribution in [0.3, 0.4) is 0 Å². The number of nitrogens with zero attached hydrogens (tertiary/aromatic N) is 2. The number of pyridine rings is 1. The summed E-state index contributed by atoms with van der Waals surface area (Å²) in [4.78, 5) is 6.81. The van der Waals surface area contributed by atoms with Crippen molar-refractivity contribution in [3.05, 3.63) is 23.9 Å². The highest BCUT2D eigenvalue weighted by Crippen LogP contribution is 2.27. The van der Waals surface area contributed by atoms with Crippen LogP contribution in [0.5, 0.6) is 0 Å². The molecule has 0 radical (unpaired) electrons. The van der Waals surface area contributed by atoms with Gasteiger partial charge in [-0.2, -0.15) is 0 Å². The van der Waals surface area contributed by atoms with Crippen molar-refractivity contribution in [3.8, 4) is 0 Å². The Morgan fingerprint density at radius 3 is 2.56 bits per heavy atom. The van der Waals surface area contributed by atoms with E-state index in [4.69, 9.17) is 5.73 Å². The van der Waals surface area contributed by atoms with Crippen LogP contribution in [0, 0.1) is 11.8 Å². The van der Waals surface area contributed by atoms with Crippen molar-refractivity contribution in [2.45, 2.75) is 26.8 Å². The van der Waals surface area contributed by atoms with E-state index in [1.807, 2.05) is 19.2 Å². The van der Waals surface area contributed by atoms with Gasteiger partial charge in [0, 0.05) is 25.3 Å². The number of nitrogens with two attached hydrogens (primary N) is 1. The van der Waals surface area contributed by atoms with Crippen molar-refractivity contribution < 1.29 is 0 Å².